The molecule has 2 fully saturated rings. The van der Waals surface area contributed by atoms with Gasteiger partial charge in [0.2, 0.25) is 0 Å². The number of halogens is 1. The normalized spacial score (nSPS) is 24.4. The van der Waals surface area contributed by atoms with E-state index in [2.05, 4.69) is 15.2 Å². The number of nitrogens with one attached hydrogen (secondary N) is 1. The van der Waals surface area contributed by atoms with E-state index in [0.717, 1.165) is 5.96 Å². The van der Waals surface area contributed by atoms with Crippen molar-refractivity contribution >= 4 is 29.9 Å². The van der Waals surface area contributed by atoms with Crippen molar-refractivity contribution in [1.82, 2.24) is 10.2 Å². The first-order valence-corrected chi connectivity index (χ1v) is 6.19. The van der Waals surface area contributed by atoms with Crippen molar-refractivity contribution in [2.24, 2.45) is 10.4 Å². The Labute approximate surface area is 116 Å². The van der Waals surface area contributed by atoms with Gasteiger partial charge in [0, 0.05) is 27.2 Å². The summed E-state index contributed by atoms with van der Waals surface area (Å²) in [4.78, 5) is 6.72. The van der Waals surface area contributed by atoms with Crippen LogP contribution in [0.25, 0.3) is 0 Å². The zero-order chi connectivity index (χ0) is 10.7. The van der Waals surface area contributed by atoms with Crippen LogP contribution in [0.3, 0.4) is 0 Å². The maximum Gasteiger partial charge on any atom is 0.193 e. The Hall–Kier alpha value is 0. The molecule has 0 amide bonds. The third-order valence-electron chi connectivity index (χ3n) is 4.09. The van der Waals surface area contributed by atoms with Gasteiger partial charge in [-0.25, -0.2) is 0 Å². The fourth-order valence-electron chi connectivity index (χ4n) is 3.24. The summed E-state index contributed by atoms with van der Waals surface area (Å²) in [6.07, 6.45) is 8.56. The molecule has 4 heteroatoms. The molecule has 16 heavy (non-hydrogen) atoms. The third-order valence-corrected chi connectivity index (χ3v) is 4.09. The van der Waals surface area contributed by atoms with Gasteiger partial charge in [-0.15, -0.1) is 24.0 Å². The van der Waals surface area contributed by atoms with Gasteiger partial charge >= 0.3 is 0 Å². The molecule has 1 aliphatic carbocycles. The summed E-state index contributed by atoms with van der Waals surface area (Å²) < 4.78 is 0. The second kappa shape index (κ2) is 6.07. The number of aliphatic imine (C=N–C) groups is 1. The van der Waals surface area contributed by atoms with Crippen LogP contribution in [0, 0.1) is 5.41 Å². The summed E-state index contributed by atoms with van der Waals surface area (Å²) in [5.41, 5.74) is 0.630. The summed E-state index contributed by atoms with van der Waals surface area (Å²) in [6.45, 7) is 2.41. The summed E-state index contributed by atoms with van der Waals surface area (Å²) in [7, 11) is 3.84. The van der Waals surface area contributed by atoms with Gasteiger partial charge in [0.05, 0.1) is 0 Å². The molecule has 0 aromatic heterocycles. The Bertz CT molecular complexity index is 247. The fraction of sp³-hybridized carbons (Fsp3) is 0.917. The van der Waals surface area contributed by atoms with Crippen LogP contribution < -0.4 is 5.32 Å². The smallest absolute Gasteiger partial charge is 0.193 e. The van der Waals surface area contributed by atoms with E-state index < -0.39 is 0 Å². The van der Waals surface area contributed by atoms with Gasteiger partial charge in [0.1, 0.15) is 0 Å². The molecule has 0 aromatic carbocycles. The Morgan fingerprint density at radius 1 is 1.19 bits per heavy atom. The summed E-state index contributed by atoms with van der Waals surface area (Å²) in [6, 6.07) is 0. The van der Waals surface area contributed by atoms with Crippen LogP contribution in [0.1, 0.15) is 38.5 Å². The zero-order valence-corrected chi connectivity index (χ0v) is 12.8. The highest BCUT2D eigenvalue weighted by Gasteiger charge is 2.39. The van der Waals surface area contributed by atoms with E-state index in [1.54, 1.807) is 0 Å². The van der Waals surface area contributed by atoms with Crippen molar-refractivity contribution in [2.75, 3.05) is 27.2 Å². The highest BCUT2D eigenvalue weighted by molar-refractivity contribution is 14.0. The lowest BCUT2D eigenvalue weighted by Crippen LogP contribution is -2.39. The van der Waals surface area contributed by atoms with E-state index in [1.807, 2.05) is 14.1 Å². The second-order valence-electron chi connectivity index (χ2n) is 5.03. The first-order chi connectivity index (χ1) is 7.29. The minimum Gasteiger partial charge on any atom is -0.359 e. The fourth-order valence-corrected chi connectivity index (χ4v) is 3.24. The maximum absolute atomic E-state index is 4.30. The molecule has 0 bridgehead atoms. The van der Waals surface area contributed by atoms with Crippen LogP contribution in [-0.4, -0.2) is 38.0 Å². The molecule has 1 saturated carbocycles. The van der Waals surface area contributed by atoms with Crippen molar-refractivity contribution in [3.8, 4) is 0 Å². The molecule has 0 unspecified atom stereocenters. The molecule has 1 spiro atoms. The highest BCUT2D eigenvalue weighted by atomic mass is 127. The molecule has 1 N–H and O–H groups in total. The summed E-state index contributed by atoms with van der Waals surface area (Å²) >= 11 is 0. The number of nitrogens with zero attached hydrogens (tertiary/aromatic N) is 2. The lowest BCUT2D eigenvalue weighted by molar-refractivity contribution is 0.203. The van der Waals surface area contributed by atoms with Gasteiger partial charge in [-0.05, 0) is 24.7 Å². The van der Waals surface area contributed by atoms with Gasteiger partial charge in [-0.3, -0.25) is 4.99 Å². The molecule has 1 heterocycles. The maximum atomic E-state index is 4.30. The molecule has 0 aromatic rings. The van der Waals surface area contributed by atoms with Crippen LogP contribution >= 0.6 is 24.0 Å². The Kier molecular flexibility index (Phi) is 5.34. The average Bonchev–Trinajstić information content (AvgIpc) is 2.65. The molecular formula is C12H24IN3. The van der Waals surface area contributed by atoms with Gasteiger partial charge in [-0.2, -0.15) is 0 Å². The zero-order valence-electron chi connectivity index (χ0n) is 10.5. The standard InChI is InChI=1S/C12H23N3.HI/c1-13-11(14-2)15-9-8-12(10-15)6-4-3-5-7-12;/h3-10H2,1-2H3,(H,13,14);1H. The minimum absolute atomic E-state index is 0. The van der Waals surface area contributed by atoms with E-state index in [9.17, 15) is 0 Å². The SMILES string of the molecule is CN=C(NC)N1CCC2(CCCCC2)C1.I. The predicted octanol–water partition coefficient (Wildman–Crippen LogP) is 2.47. The van der Waals surface area contributed by atoms with E-state index in [1.165, 1.54) is 51.6 Å². The first kappa shape index (κ1) is 14.1. The summed E-state index contributed by atoms with van der Waals surface area (Å²) in [5, 5.41) is 3.19. The van der Waals surface area contributed by atoms with E-state index in [-0.39, 0.29) is 24.0 Å². The van der Waals surface area contributed by atoms with E-state index in [4.69, 9.17) is 0 Å². The third kappa shape index (κ3) is 2.81. The topological polar surface area (TPSA) is 27.6 Å². The molecule has 0 atom stereocenters. The number of hydrogen-bond donors (Lipinski definition) is 1. The molecule has 1 saturated heterocycles. The largest absolute Gasteiger partial charge is 0.359 e. The number of likely N-dealkylation sites (tertiary alicyclic amines) is 1. The predicted molar refractivity (Wildman–Crippen MR) is 79.5 cm³/mol. The molecule has 94 valence electrons. The van der Waals surface area contributed by atoms with Crippen molar-refractivity contribution in [3.05, 3.63) is 0 Å². The number of guanidine groups is 1. The van der Waals surface area contributed by atoms with Crippen molar-refractivity contribution < 1.29 is 0 Å². The molecule has 0 radical (unpaired) electrons. The van der Waals surface area contributed by atoms with Crippen molar-refractivity contribution in [3.63, 3.8) is 0 Å². The van der Waals surface area contributed by atoms with Crippen LogP contribution in [-0.2, 0) is 0 Å². The van der Waals surface area contributed by atoms with Gasteiger partial charge < -0.3 is 10.2 Å². The second-order valence-corrected chi connectivity index (χ2v) is 5.03. The lowest BCUT2D eigenvalue weighted by Gasteiger charge is -2.33. The average molecular weight is 337 g/mol. The van der Waals surface area contributed by atoms with Crippen LogP contribution in [0.2, 0.25) is 0 Å². The number of hydrogen-bond acceptors (Lipinski definition) is 1. The van der Waals surface area contributed by atoms with Crippen LogP contribution in [0.15, 0.2) is 4.99 Å². The van der Waals surface area contributed by atoms with Crippen molar-refractivity contribution in [1.29, 1.82) is 0 Å². The lowest BCUT2D eigenvalue weighted by atomic mass is 9.73. The number of rotatable bonds is 0. The quantitative estimate of drug-likeness (QED) is 0.418. The van der Waals surface area contributed by atoms with Crippen molar-refractivity contribution in [2.45, 2.75) is 38.5 Å². The van der Waals surface area contributed by atoms with Gasteiger partial charge in [0.15, 0.2) is 5.96 Å². The van der Waals surface area contributed by atoms with Crippen LogP contribution in [0.4, 0.5) is 0 Å². The Balaban J connectivity index is 0.00000128. The molecule has 2 rings (SSSR count). The first-order valence-electron chi connectivity index (χ1n) is 6.19. The molecule has 2 aliphatic rings. The monoisotopic (exact) mass is 337 g/mol. The minimum atomic E-state index is 0. The highest BCUT2D eigenvalue weighted by Crippen LogP contribution is 2.43. The van der Waals surface area contributed by atoms with Crippen LogP contribution in [0.5, 0.6) is 0 Å². The van der Waals surface area contributed by atoms with Gasteiger partial charge in [-0.1, -0.05) is 19.3 Å². The Morgan fingerprint density at radius 3 is 2.44 bits per heavy atom. The van der Waals surface area contributed by atoms with E-state index in [0.29, 0.717) is 5.41 Å². The Morgan fingerprint density at radius 2 is 1.88 bits per heavy atom. The van der Waals surface area contributed by atoms with Gasteiger partial charge in [0.25, 0.3) is 0 Å². The molecule has 1 aliphatic heterocycles. The molecular weight excluding hydrogens is 313 g/mol. The van der Waals surface area contributed by atoms with E-state index >= 15 is 0 Å². The summed E-state index contributed by atoms with van der Waals surface area (Å²) in [5.74, 6) is 1.07. The molecule has 3 nitrogen and oxygen atoms in total.